The lowest BCUT2D eigenvalue weighted by Crippen LogP contribution is -2.17. The zero-order chi connectivity index (χ0) is 18.0. The summed E-state index contributed by atoms with van der Waals surface area (Å²) in [4.78, 5) is 9.23. The molecule has 5 nitrogen and oxygen atoms in total. The Balaban J connectivity index is 2.02. The summed E-state index contributed by atoms with van der Waals surface area (Å²) in [5, 5.41) is 8.15. The summed E-state index contributed by atoms with van der Waals surface area (Å²) in [6.45, 7) is 10.7. The van der Waals surface area contributed by atoms with Crippen LogP contribution in [0.2, 0.25) is 0 Å². The lowest BCUT2D eigenvalue weighted by Gasteiger charge is -2.22. The standard InChI is InChI=1S/C20H27N5/c1-13(2)11-18(16-9-7-6-8-10-16)24-20-23-15(5)22-19-17(14(3)4)12-21-25(19)20/h6-10,12-14,18H,11H2,1-5H3,(H,22,23,24)/t18-/m0/s1. The number of aromatic nitrogens is 4. The maximum Gasteiger partial charge on any atom is 0.228 e. The van der Waals surface area contributed by atoms with Crippen molar-refractivity contribution in [2.24, 2.45) is 5.92 Å². The fraction of sp³-hybridized carbons (Fsp3) is 0.450. The highest BCUT2D eigenvalue weighted by Gasteiger charge is 2.18. The Hall–Kier alpha value is -2.43. The van der Waals surface area contributed by atoms with E-state index in [2.05, 4.69) is 72.3 Å². The predicted octanol–water partition coefficient (Wildman–Crippen LogP) is 4.76. The van der Waals surface area contributed by atoms with Gasteiger partial charge in [0.1, 0.15) is 5.82 Å². The zero-order valence-corrected chi connectivity index (χ0v) is 15.7. The molecule has 0 aliphatic carbocycles. The molecule has 0 aliphatic heterocycles. The average molecular weight is 337 g/mol. The van der Waals surface area contributed by atoms with Crippen molar-refractivity contribution in [3.63, 3.8) is 0 Å². The first-order valence-corrected chi connectivity index (χ1v) is 8.99. The van der Waals surface area contributed by atoms with Crippen LogP contribution in [0.3, 0.4) is 0 Å². The lowest BCUT2D eigenvalue weighted by molar-refractivity contribution is 0.527. The van der Waals surface area contributed by atoms with Gasteiger partial charge in [0, 0.05) is 5.56 Å². The van der Waals surface area contributed by atoms with Crippen LogP contribution in [0.1, 0.15) is 63.0 Å². The molecule has 0 saturated heterocycles. The van der Waals surface area contributed by atoms with Gasteiger partial charge < -0.3 is 5.32 Å². The number of benzene rings is 1. The number of rotatable bonds is 6. The molecule has 1 N–H and O–H groups in total. The minimum atomic E-state index is 0.186. The van der Waals surface area contributed by atoms with E-state index in [9.17, 15) is 0 Å². The molecule has 1 aromatic carbocycles. The summed E-state index contributed by atoms with van der Waals surface area (Å²) < 4.78 is 1.83. The van der Waals surface area contributed by atoms with Crippen molar-refractivity contribution >= 4 is 11.6 Å². The molecule has 0 amide bonds. The number of hydrogen-bond donors (Lipinski definition) is 1. The molecule has 0 saturated carbocycles. The smallest absolute Gasteiger partial charge is 0.228 e. The maximum atomic E-state index is 4.62. The van der Waals surface area contributed by atoms with Crippen LogP contribution >= 0.6 is 0 Å². The molecule has 5 heteroatoms. The third-order valence-corrected chi connectivity index (χ3v) is 4.34. The molecule has 0 bridgehead atoms. The molecule has 132 valence electrons. The molecule has 1 atom stereocenters. The first-order valence-electron chi connectivity index (χ1n) is 8.99. The van der Waals surface area contributed by atoms with E-state index >= 15 is 0 Å². The molecular formula is C20H27N5. The van der Waals surface area contributed by atoms with Crippen LogP contribution in [0.4, 0.5) is 5.95 Å². The second-order valence-corrected chi connectivity index (χ2v) is 7.32. The second kappa shape index (κ2) is 7.21. The summed E-state index contributed by atoms with van der Waals surface area (Å²) in [7, 11) is 0. The average Bonchev–Trinajstić information content (AvgIpc) is 2.98. The van der Waals surface area contributed by atoms with E-state index in [1.807, 2.05) is 23.7 Å². The Morgan fingerprint density at radius 2 is 1.76 bits per heavy atom. The molecule has 3 aromatic rings. The number of anilines is 1. The van der Waals surface area contributed by atoms with Crippen LogP contribution in [0.5, 0.6) is 0 Å². The number of hydrogen-bond acceptors (Lipinski definition) is 4. The minimum Gasteiger partial charge on any atom is -0.347 e. The van der Waals surface area contributed by atoms with Crippen molar-refractivity contribution in [1.29, 1.82) is 0 Å². The molecular weight excluding hydrogens is 310 g/mol. The van der Waals surface area contributed by atoms with E-state index in [-0.39, 0.29) is 6.04 Å². The summed E-state index contributed by atoms with van der Waals surface area (Å²) in [6, 6.07) is 10.7. The summed E-state index contributed by atoms with van der Waals surface area (Å²) in [6.07, 6.45) is 2.92. The van der Waals surface area contributed by atoms with E-state index in [0.29, 0.717) is 11.8 Å². The van der Waals surface area contributed by atoms with Crippen LogP contribution in [0.15, 0.2) is 36.5 Å². The quantitative estimate of drug-likeness (QED) is 0.705. The van der Waals surface area contributed by atoms with Crippen molar-refractivity contribution in [3.05, 3.63) is 53.5 Å². The summed E-state index contributed by atoms with van der Waals surface area (Å²) in [5.41, 5.74) is 3.30. The number of nitrogens with one attached hydrogen (secondary N) is 1. The highest BCUT2D eigenvalue weighted by Crippen LogP contribution is 2.27. The first kappa shape index (κ1) is 17.4. The van der Waals surface area contributed by atoms with Crippen molar-refractivity contribution in [2.75, 3.05) is 5.32 Å². The van der Waals surface area contributed by atoms with Crippen molar-refractivity contribution < 1.29 is 0 Å². The fourth-order valence-corrected chi connectivity index (χ4v) is 3.09. The molecule has 0 spiro atoms. The molecule has 0 unspecified atom stereocenters. The number of fused-ring (bicyclic) bond motifs is 1. The van der Waals surface area contributed by atoms with Crippen LogP contribution in [0, 0.1) is 12.8 Å². The Morgan fingerprint density at radius 3 is 2.40 bits per heavy atom. The Morgan fingerprint density at radius 1 is 1.04 bits per heavy atom. The SMILES string of the molecule is Cc1nc(N[C@@H](CC(C)C)c2ccccc2)n2ncc(C(C)C)c2n1. The van der Waals surface area contributed by atoms with Gasteiger partial charge in [0.15, 0.2) is 5.65 Å². The minimum absolute atomic E-state index is 0.186. The topological polar surface area (TPSA) is 55.1 Å². The maximum absolute atomic E-state index is 4.62. The largest absolute Gasteiger partial charge is 0.347 e. The fourth-order valence-electron chi connectivity index (χ4n) is 3.09. The third kappa shape index (κ3) is 3.81. The van der Waals surface area contributed by atoms with Gasteiger partial charge in [-0.25, -0.2) is 4.98 Å². The van der Waals surface area contributed by atoms with Gasteiger partial charge in [0.25, 0.3) is 0 Å². The second-order valence-electron chi connectivity index (χ2n) is 7.32. The molecule has 0 radical (unpaired) electrons. The lowest BCUT2D eigenvalue weighted by atomic mass is 9.97. The first-order chi connectivity index (χ1) is 12.0. The third-order valence-electron chi connectivity index (χ3n) is 4.34. The molecule has 25 heavy (non-hydrogen) atoms. The highest BCUT2D eigenvalue weighted by atomic mass is 15.4. The zero-order valence-electron chi connectivity index (χ0n) is 15.7. The Kier molecular flexibility index (Phi) is 5.02. The summed E-state index contributed by atoms with van der Waals surface area (Å²) >= 11 is 0. The van der Waals surface area contributed by atoms with E-state index < -0.39 is 0 Å². The van der Waals surface area contributed by atoms with E-state index in [1.54, 1.807) is 0 Å². The van der Waals surface area contributed by atoms with Crippen LogP contribution in [0.25, 0.3) is 5.65 Å². The van der Waals surface area contributed by atoms with Gasteiger partial charge in [-0.1, -0.05) is 58.0 Å². The summed E-state index contributed by atoms with van der Waals surface area (Å²) in [5.74, 6) is 2.46. The van der Waals surface area contributed by atoms with Gasteiger partial charge in [-0.05, 0) is 30.7 Å². The predicted molar refractivity (Wildman–Crippen MR) is 102 cm³/mol. The van der Waals surface area contributed by atoms with Gasteiger partial charge in [-0.2, -0.15) is 14.6 Å². The van der Waals surface area contributed by atoms with Gasteiger partial charge in [-0.3, -0.25) is 0 Å². The van der Waals surface area contributed by atoms with Gasteiger partial charge in [-0.15, -0.1) is 0 Å². The van der Waals surface area contributed by atoms with Crippen molar-refractivity contribution in [1.82, 2.24) is 19.6 Å². The van der Waals surface area contributed by atoms with Crippen LogP contribution in [-0.4, -0.2) is 19.6 Å². The highest BCUT2D eigenvalue weighted by molar-refractivity contribution is 5.52. The van der Waals surface area contributed by atoms with Gasteiger partial charge in [0.2, 0.25) is 5.95 Å². The van der Waals surface area contributed by atoms with E-state index in [0.717, 1.165) is 29.4 Å². The molecule has 0 fully saturated rings. The van der Waals surface area contributed by atoms with Crippen LogP contribution in [-0.2, 0) is 0 Å². The molecule has 2 aromatic heterocycles. The Bertz CT molecular complexity index is 836. The van der Waals surface area contributed by atoms with Crippen molar-refractivity contribution in [2.45, 2.75) is 53.0 Å². The van der Waals surface area contributed by atoms with E-state index in [4.69, 9.17) is 0 Å². The van der Waals surface area contributed by atoms with Crippen molar-refractivity contribution in [3.8, 4) is 0 Å². The van der Waals surface area contributed by atoms with E-state index in [1.165, 1.54) is 5.56 Å². The van der Waals surface area contributed by atoms with Gasteiger partial charge >= 0.3 is 0 Å². The van der Waals surface area contributed by atoms with Gasteiger partial charge in [0.05, 0.1) is 12.2 Å². The monoisotopic (exact) mass is 337 g/mol. The molecule has 0 aliphatic rings. The molecule has 2 heterocycles. The number of nitrogens with zero attached hydrogens (tertiary/aromatic N) is 4. The van der Waals surface area contributed by atoms with Crippen LogP contribution < -0.4 is 5.32 Å². The normalized spacial score (nSPS) is 12.9. The number of aryl methyl sites for hydroxylation is 1. The Labute approximate surface area is 149 Å². The molecule has 3 rings (SSSR count).